The molecular formula is C22H26F2N4O2. The quantitative estimate of drug-likeness (QED) is 0.749. The van der Waals surface area contributed by atoms with Crippen LogP contribution in [0.4, 0.5) is 14.5 Å². The molecule has 2 aliphatic heterocycles. The second-order valence-corrected chi connectivity index (χ2v) is 8.17. The Hall–Kier alpha value is -2.77. The van der Waals surface area contributed by atoms with Crippen molar-refractivity contribution in [2.45, 2.75) is 31.6 Å². The maximum absolute atomic E-state index is 15.1. The summed E-state index contributed by atoms with van der Waals surface area (Å²) in [5.74, 6) is -2.15. The van der Waals surface area contributed by atoms with E-state index in [1.807, 2.05) is 29.2 Å². The molecule has 30 heavy (non-hydrogen) atoms. The van der Waals surface area contributed by atoms with Crippen LogP contribution in [0, 0.1) is 5.41 Å². The molecule has 3 heterocycles. The predicted octanol–water partition coefficient (Wildman–Crippen LogP) is 3.18. The average Bonchev–Trinajstić information content (AvgIpc) is 3.20. The van der Waals surface area contributed by atoms with Gasteiger partial charge in [0.25, 0.3) is 5.92 Å². The van der Waals surface area contributed by atoms with Crippen molar-refractivity contribution in [3.8, 4) is 5.75 Å². The number of likely N-dealkylation sites (tertiary alicyclic amines) is 1. The molecule has 0 bridgehead atoms. The van der Waals surface area contributed by atoms with Crippen molar-refractivity contribution < 1.29 is 18.3 Å². The molecule has 0 N–H and O–H groups in total. The number of piperidine rings is 1. The van der Waals surface area contributed by atoms with Crippen molar-refractivity contribution in [1.82, 2.24) is 14.9 Å². The van der Waals surface area contributed by atoms with E-state index in [2.05, 4.69) is 9.97 Å². The highest BCUT2D eigenvalue weighted by molar-refractivity contribution is 5.76. The van der Waals surface area contributed by atoms with E-state index in [9.17, 15) is 4.79 Å². The normalized spacial score (nSPS) is 23.0. The van der Waals surface area contributed by atoms with Gasteiger partial charge in [0, 0.05) is 57.1 Å². The third-order valence-corrected chi connectivity index (χ3v) is 6.35. The molecule has 4 rings (SSSR count). The first-order valence-electron chi connectivity index (χ1n) is 10.2. The lowest BCUT2D eigenvalue weighted by molar-refractivity contribution is -0.168. The molecule has 0 radical (unpaired) electrons. The number of rotatable bonds is 5. The first-order chi connectivity index (χ1) is 14.4. The van der Waals surface area contributed by atoms with E-state index in [0.717, 1.165) is 17.0 Å². The van der Waals surface area contributed by atoms with Crippen LogP contribution in [-0.2, 0) is 11.2 Å². The van der Waals surface area contributed by atoms with E-state index in [4.69, 9.17) is 4.74 Å². The van der Waals surface area contributed by atoms with Crippen molar-refractivity contribution in [1.29, 1.82) is 0 Å². The number of amides is 1. The van der Waals surface area contributed by atoms with Gasteiger partial charge in [-0.15, -0.1) is 0 Å². The predicted molar refractivity (Wildman–Crippen MR) is 109 cm³/mol. The highest BCUT2D eigenvalue weighted by Crippen LogP contribution is 2.50. The van der Waals surface area contributed by atoms with Crippen LogP contribution in [-0.4, -0.2) is 60.0 Å². The van der Waals surface area contributed by atoms with Gasteiger partial charge < -0.3 is 14.5 Å². The first kappa shape index (κ1) is 20.5. The number of hydrogen-bond donors (Lipinski definition) is 0. The number of hydrogen-bond acceptors (Lipinski definition) is 5. The van der Waals surface area contributed by atoms with E-state index in [-0.39, 0.29) is 38.4 Å². The van der Waals surface area contributed by atoms with Gasteiger partial charge in [-0.1, -0.05) is 0 Å². The van der Waals surface area contributed by atoms with E-state index >= 15 is 8.78 Å². The van der Waals surface area contributed by atoms with Gasteiger partial charge >= 0.3 is 0 Å². The molecule has 1 spiro atoms. The average molecular weight is 416 g/mol. The zero-order valence-corrected chi connectivity index (χ0v) is 17.1. The maximum Gasteiger partial charge on any atom is 0.258 e. The van der Waals surface area contributed by atoms with E-state index in [1.165, 1.54) is 6.33 Å². The number of anilines is 1. The molecule has 2 saturated heterocycles. The largest absolute Gasteiger partial charge is 0.497 e. The number of benzene rings is 1. The van der Waals surface area contributed by atoms with Crippen molar-refractivity contribution in [3.63, 3.8) is 0 Å². The fraction of sp³-hybridized carbons (Fsp3) is 0.500. The lowest BCUT2D eigenvalue weighted by atomic mass is 9.75. The van der Waals surface area contributed by atoms with Gasteiger partial charge in [0.15, 0.2) is 0 Å². The van der Waals surface area contributed by atoms with Crippen LogP contribution in [0.5, 0.6) is 5.75 Å². The van der Waals surface area contributed by atoms with Crippen molar-refractivity contribution in [2.75, 3.05) is 38.2 Å². The molecule has 6 nitrogen and oxygen atoms in total. The number of ether oxygens (including phenoxy) is 1. The van der Waals surface area contributed by atoms with E-state index < -0.39 is 11.3 Å². The summed E-state index contributed by atoms with van der Waals surface area (Å²) in [7, 11) is 1.60. The molecule has 1 atom stereocenters. The third-order valence-electron chi connectivity index (χ3n) is 6.35. The Balaban J connectivity index is 1.44. The Kier molecular flexibility index (Phi) is 5.58. The Labute approximate surface area is 174 Å². The summed E-state index contributed by atoms with van der Waals surface area (Å²) in [6.45, 7) is 0.978. The molecule has 0 aliphatic carbocycles. The van der Waals surface area contributed by atoms with Crippen LogP contribution in [0.2, 0.25) is 0 Å². The summed E-state index contributed by atoms with van der Waals surface area (Å²) < 4.78 is 35.3. The monoisotopic (exact) mass is 416 g/mol. The molecule has 1 aromatic carbocycles. The highest BCUT2D eigenvalue weighted by Gasteiger charge is 2.59. The van der Waals surface area contributed by atoms with Crippen LogP contribution in [0.25, 0.3) is 0 Å². The zero-order valence-electron chi connectivity index (χ0n) is 17.1. The zero-order chi connectivity index (χ0) is 21.2. The molecule has 1 unspecified atom stereocenters. The van der Waals surface area contributed by atoms with Crippen LogP contribution >= 0.6 is 0 Å². The van der Waals surface area contributed by atoms with Gasteiger partial charge in [0.1, 0.15) is 12.1 Å². The second-order valence-electron chi connectivity index (χ2n) is 8.17. The molecule has 1 aromatic heterocycles. The molecule has 8 heteroatoms. The maximum atomic E-state index is 15.1. The summed E-state index contributed by atoms with van der Waals surface area (Å²) in [5, 5.41) is 0. The Morgan fingerprint density at radius 1 is 1.10 bits per heavy atom. The van der Waals surface area contributed by atoms with E-state index in [1.54, 1.807) is 24.4 Å². The molecule has 160 valence electrons. The van der Waals surface area contributed by atoms with Crippen molar-refractivity contribution in [2.24, 2.45) is 5.41 Å². The van der Waals surface area contributed by atoms with Gasteiger partial charge in [-0.05, 0) is 42.7 Å². The number of alkyl halides is 2. The Morgan fingerprint density at radius 2 is 1.83 bits per heavy atom. The topological polar surface area (TPSA) is 58.6 Å². The molecular weight excluding hydrogens is 390 g/mol. The van der Waals surface area contributed by atoms with Gasteiger partial charge in [-0.25, -0.2) is 18.7 Å². The van der Waals surface area contributed by atoms with Crippen LogP contribution in [0.15, 0.2) is 43.0 Å². The summed E-state index contributed by atoms with van der Waals surface area (Å²) in [6, 6.07) is 7.46. The summed E-state index contributed by atoms with van der Waals surface area (Å²) >= 11 is 0. The fourth-order valence-electron chi connectivity index (χ4n) is 4.50. The SMILES string of the molecule is COc1ccc(N2CCC3(CN(C(=O)CCc4cncnc4)CCC3(F)F)C2)cc1. The Bertz CT molecular complexity index is 878. The van der Waals surface area contributed by atoms with Gasteiger partial charge in [-0.2, -0.15) is 0 Å². The molecule has 2 aromatic rings. The number of carbonyl (C=O) groups is 1. The molecule has 2 fully saturated rings. The van der Waals surface area contributed by atoms with Crippen molar-refractivity contribution in [3.05, 3.63) is 48.5 Å². The number of aromatic nitrogens is 2. The summed E-state index contributed by atoms with van der Waals surface area (Å²) in [5.41, 5.74) is 0.557. The second kappa shape index (κ2) is 8.16. The lowest BCUT2D eigenvalue weighted by Gasteiger charge is -2.46. The van der Waals surface area contributed by atoms with Crippen LogP contribution in [0.1, 0.15) is 24.8 Å². The van der Waals surface area contributed by atoms with Crippen LogP contribution < -0.4 is 9.64 Å². The molecule has 0 saturated carbocycles. The standard InChI is InChI=1S/C22H26F2N4O2/c1-30-19-5-3-18(4-6-19)27-10-8-21(14-27)15-28(11-9-22(21,23)24)20(29)7-2-17-12-25-16-26-13-17/h3-6,12-13,16H,2,7-11,14-15H2,1H3. The molecule has 1 amide bonds. The highest BCUT2D eigenvalue weighted by atomic mass is 19.3. The van der Waals surface area contributed by atoms with Crippen LogP contribution in [0.3, 0.4) is 0 Å². The van der Waals surface area contributed by atoms with Gasteiger partial charge in [-0.3, -0.25) is 4.79 Å². The third kappa shape index (κ3) is 3.95. The van der Waals surface area contributed by atoms with E-state index in [0.29, 0.717) is 19.4 Å². The number of nitrogens with zero attached hydrogens (tertiary/aromatic N) is 4. The van der Waals surface area contributed by atoms with Crippen molar-refractivity contribution >= 4 is 11.6 Å². The minimum Gasteiger partial charge on any atom is -0.497 e. The lowest BCUT2D eigenvalue weighted by Crippen LogP contribution is -2.58. The first-order valence-corrected chi connectivity index (χ1v) is 10.2. The minimum atomic E-state index is -2.79. The smallest absolute Gasteiger partial charge is 0.258 e. The summed E-state index contributed by atoms with van der Waals surface area (Å²) in [4.78, 5) is 24.3. The number of halogens is 2. The Morgan fingerprint density at radius 3 is 2.53 bits per heavy atom. The minimum absolute atomic E-state index is 0.0865. The van der Waals surface area contributed by atoms with Gasteiger partial charge in [0.05, 0.1) is 12.5 Å². The molecule has 2 aliphatic rings. The van der Waals surface area contributed by atoms with Gasteiger partial charge in [0.2, 0.25) is 5.91 Å². The number of aryl methyl sites for hydroxylation is 1. The summed E-state index contributed by atoms with van der Waals surface area (Å²) in [6.07, 6.45) is 5.66. The number of carbonyl (C=O) groups excluding carboxylic acids is 1. The number of methoxy groups -OCH3 is 1. The fourth-order valence-corrected chi connectivity index (χ4v) is 4.50.